The molecule has 0 spiro atoms. The number of aromatic nitrogens is 1. The number of halogens is 2. The minimum Gasteiger partial charge on any atom is -0.482 e. The number of primary sulfonamides is 1. The molecule has 0 aliphatic rings. The van der Waals surface area contributed by atoms with Gasteiger partial charge in [-0.15, -0.1) is 0 Å². The van der Waals surface area contributed by atoms with Crippen molar-refractivity contribution in [3.05, 3.63) is 22.0 Å². The molecule has 0 fully saturated rings. The highest BCUT2D eigenvalue weighted by Gasteiger charge is 2.22. The average molecular weight is 254 g/mol. The molecule has 0 saturated carbocycles. The number of sulfonamides is 1. The van der Waals surface area contributed by atoms with Crippen LogP contribution in [0.25, 0.3) is 0 Å². The van der Waals surface area contributed by atoms with E-state index in [1.54, 1.807) is 0 Å². The molecule has 16 heavy (non-hydrogen) atoms. The minimum atomic E-state index is -4.35. The van der Waals surface area contributed by atoms with E-state index in [-0.39, 0.29) is 0 Å². The van der Waals surface area contributed by atoms with Crippen molar-refractivity contribution in [2.75, 3.05) is 7.11 Å². The summed E-state index contributed by atoms with van der Waals surface area (Å²) in [6.07, 6.45) is -2.99. The van der Waals surface area contributed by atoms with Crippen LogP contribution in [0.1, 0.15) is 12.0 Å². The number of nitrogens with two attached hydrogens (primary N) is 1. The Kier molecular flexibility index (Phi) is 3.29. The van der Waals surface area contributed by atoms with Crippen LogP contribution in [-0.2, 0) is 10.0 Å². The van der Waals surface area contributed by atoms with Crippen molar-refractivity contribution in [2.45, 2.75) is 11.3 Å². The first kappa shape index (κ1) is 12.6. The largest absolute Gasteiger partial charge is 0.482 e. The van der Waals surface area contributed by atoms with Crippen LogP contribution in [0.3, 0.4) is 0 Å². The third-order valence-corrected chi connectivity index (χ3v) is 2.66. The standard InChI is InChI=1S/C7H8F2N2O4S/c1-15-7-3(5(8)9)2-4(6(12)11-7)16(10,13)14/h2,5H,1H3,(H,11,12)(H2,10,13,14). The highest BCUT2D eigenvalue weighted by molar-refractivity contribution is 7.89. The molecular weight excluding hydrogens is 246 g/mol. The fourth-order valence-electron chi connectivity index (χ4n) is 1.05. The Labute approximate surface area is 89.1 Å². The number of methoxy groups -OCH3 is 1. The maximum atomic E-state index is 12.5. The predicted octanol–water partition coefficient (Wildman–Crippen LogP) is -0.0315. The topological polar surface area (TPSA) is 102 Å². The second kappa shape index (κ2) is 4.18. The number of alkyl halides is 2. The number of nitrogens with one attached hydrogen (secondary N) is 1. The predicted molar refractivity (Wildman–Crippen MR) is 49.9 cm³/mol. The van der Waals surface area contributed by atoms with Gasteiger partial charge in [0, 0.05) is 0 Å². The normalized spacial score (nSPS) is 11.8. The van der Waals surface area contributed by atoms with Gasteiger partial charge >= 0.3 is 0 Å². The number of H-pyrrole nitrogens is 1. The van der Waals surface area contributed by atoms with Crippen LogP contribution in [0.5, 0.6) is 5.88 Å². The SMILES string of the molecule is COc1[nH]c(=O)c(S(N)(=O)=O)cc1C(F)F. The van der Waals surface area contributed by atoms with Crippen molar-refractivity contribution in [1.29, 1.82) is 0 Å². The first-order valence-electron chi connectivity index (χ1n) is 3.89. The monoisotopic (exact) mass is 254 g/mol. The van der Waals surface area contributed by atoms with E-state index in [4.69, 9.17) is 0 Å². The molecule has 0 saturated heterocycles. The number of hydrogen-bond donors (Lipinski definition) is 2. The first-order chi connectivity index (χ1) is 7.27. The van der Waals surface area contributed by atoms with Gasteiger partial charge in [-0.25, -0.2) is 22.3 Å². The van der Waals surface area contributed by atoms with E-state index < -0.39 is 38.3 Å². The molecule has 6 nitrogen and oxygen atoms in total. The number of pyridine rings is 1. The van der Waals surface area contributed by atoms with Gasteiger partial charge in [-0.2, -0.15) is 0 Å². The van der Waals surface area contributed by atoms with Crippen LogP contribution in [0.4, 0.5) is 8.78 Å². The van der Waals surface area contributed by atoms with Crippen LogP contribution in [-0.4, -0.2) is 20.5 Å². The van der Waals surface area contributed by atoms with Crippen molar-refractivity contribution < 1.29 is 21.9 Å². The number of rotatable bonds is 3. The summed E-state index contributed by atoms with van der Waals surface area (Å²) in [6.45, 7) is 0. The van der Waals surface area contributed by atoms with Gasteiger partial charge in [0.2, 0.25) is 15.9 Å². The molecule has 0 atom stereocenters. The summed E-state index contributed by atoms with van der Waals surface area (Å²) in [6, 6.07) is 0.498. The Bertz CT molecular complexity index is 552. The summed E-state index contributed by atoms with van der Waals surface area (Å²) in [5.74, 6) is -0.493. The molecule has 0 amide bonds. The molecule has 1 aromatic rings. The summed E-state index contributed by atoms with van der Waals surface area (Å²) in [5.41, 5.74) is -1.85. The third kappa shape index (κ3) is 2.36. The molecule has 1 rings (SSSR count). The van der Waals surface area contributed by atoms with Crippen LogP contribution in [0, 0.1) is 0 Å². The van der Waals surface area contributed by atoms with Crippen molar-refractivity contribution in [1.82, 2.24) is 4.98 Å². The van der Waals surface area contributed by atoms with E-state index in [0.717, 1.165) is 7.11 Å². The number of hydrogen-bond acceptors (Lipinski definition) is 4. The number of ether oxygens (including phenoxy) is 1. The Morgan fingerprint density at radius 2 is 2.06 bits per heavy atom. The van der Waals surface area contributed by atoms with Gasteiger partial charge in [-0.3, -0.25) is 9.78 Å². The van der Waals surface area contributed by atoms with Crippen LogP contribution in [0.15, 0.2) is 15.8 Å². The van der Waals surface area contributed by atoms with Gasteiger partial charge in [0.25, 0.3) is 12.0 Å². The Balaban J connectivity index is 3.59. The van der Waals surface area contributed by atoms with E-state index in [1.807, 2.05) is 4.98 Å². The van der Waals surface area contributed by atoms with Gasteiger partial charge in [-0.05, 0) is 6.07 Å². The van der Waals surface area contributed by atoms with Crippen molar-refractivity contribution in [2.24, 2.45) is 5.14 Å². The smallest absolute Gasteiger partial charge is 0.270 e. The molecule has 0 aliphatic carbocycles. The van der Waals surface area contributed by atoms with Crippen molar-refractivity contribution in [3.8, 4) is 5.88 Å². The summed E-state index contributed by atoms with van der Waals surface area (Å²) in [7, 11) is -3.28. The molecule has 1 heterocycles. The fourth-order valence-corrected chi connectivity index (χ4v) is 1.65. The van der Waals surface area contributed by atoms with Crippen LogP contribution >= 0.6 is 0 Å². The molecule has 90 valence electrons. The molecule has 0 aliphatic heterocycles. The summed E-state index contributed by atoms with van der Waals surface area (Å²) < 4.78 is 51.2. The third-order valence-electron chi connectivity index (χ3n) is 1.75. The molecule has 3 N–H and O–H groups in total. The lowest BCUT2D eigenvalue weighted by Crippen LogP contribution is -2.24. The van der Waals surface area contributed by atoms with Crippen molar-refractivity contribution in [3.63, 3.8) is 0 Å². The Morgan fingerprint density at radius 3 is 2.44 bits per heavy atom. The minimum absolute atomic E-state index is 0.493. The molecule has 0 unspecified atom stereocenters. The number of aromatic amines is 1. The zero-order valence-corrected chi connectivity index (χ0v) is 8.85. The maximum Gasteiger partial charge on any atom is 0.270 e. The van der Waals surface area contributed by atoms with E-state index in [2.05, 4.69) is 9.88 Å². The quantitative estimate of drug-likeness (QED) is 0.790. The lowest BCUT2D eigenvalue weighted by atomic mass is 10.3. The summed E-state index contributed by atoms with van der Waals surface area (Å²) >= 11 is 0. The Hall–Kier alpha value is -1.48. The van der Waals surface area contributed by atoms with Crippen LogP contribution in [0.2, 0.25) is 0 Å². The van der Waals surface area contributed by atoms with Gasteiger partial charge in [-0.1, -0.05) is 0 Å². The second-order valence-electron chi connectivity index (χ2n) is 2.80. The lowest BCUT2D eigenvalue weighted by Gasteiger charge is -2.08. The summed E-state index contributed by atoms with van der Waals surface area (Å²) in [5, 5.41) is 4.68. The summed E-state index contributed by atoms with van der Waals surface area (Å²) in [4.78, 5) is 12.1. The molecule has 9 heteroatoms. The fraction of sp³-hybridized carbons (Fsp3) is 0.286. The zero-order chi connectivity index (χ0) is 12.5. The van der Waals surface area contributed by atoms with Gasteiger partial charge in [0.1, 0.15) is 4.90 Å². The highest BCUT2D eigenvalue weighted by Crippen LogP contribution is 2.26. The lowest BCUT2D eigenvalue weighted by molar-refractivity contribution is 0.145. The molecular formula is C7H8F2N2O4S. The molecule has 0 radical (unpaired) electrons. The zero-order valence-electron chi connectivity index (χ0n) is 8.03. The van der Waals surface area contributed by atoms with Crippen molar-refractivity contribution >= 4 is 10.0 Å². The van der Waals surface area contributed by atoms with Crippen LogP contribution < -0.4 is 15.4 Å². The van der Waals surface area contributed by atoms with Gasteiger partial charge in [0.15, 0.2) is 0 Å². The second-order valence-corrected chi connectivity index (χ2v) is 4.33. The maximum absolute atomic E-state index is 12.5. The Morgan fingerprint density at radius 1 is 1.50 bits per heavy atom. The van der Waals surface area contributed by atoms with Gasteiger partial charge < -0.3 is 4.74 Å². The molecule has 0 aromatic carbocycles. The molecule has 0 bridgehead atoms. The average Bonchev–Trinajstić information content (AvgIpc) is 2.14. The van der Waals surface area contributed by atoms with E-state index in [1.165, 1.54) is 0 Å². The van der Waals surface area contributed by atoms with E-state index in [0.29, 0.717) is 6.07 Å². The van der Waals surface area contributed by atoms with E-state index in [9.17, 15) is 22.0 Å². The molecule has 1 aromatic heterocycles. The van der Waals surface area contributed by atoms with Gasteiger partial charge in [0.05, 0.1) is 12.7 Å². The first-order valence-corrected chi connectivity index (χ1v) is 5.44. The highest BCUT2D eigenvalue weighted by atomic mass is 32.2. The van der Waals surface area contributed by atoms with E-state index >= 15 is 0 Å².